The average molecular weight is 324 g/mol. The highest BCUT2D eigenvalue weighted by molar-refractivity contribution is 6.92. The van der Waals surface area contributed by atoms with Crippen molar-refractivity contribution in [3.05, 3.63) is 80.6 Å². The number of hydrogen-bond acceptors (Lipinski definition) is 1. The van der Waals surface area contributed by atoms with Gasteiger partial charge in [0.25, 0.3) is 0 Å². The third-order valence-electron chi connectivity index (χ3n) is 5.24. The Labute approximate surface area is 150 Å². The van der Waals surface area contributed by atoms with Crippen molar-refractivity contribution in [3.63, 3.8) is 0 Å². The molecule has 0 fully saturated rings. The van der Waals surface area contributed by atoms with E-state index in [-0.39, 0.29) is 6.71 Å². The van der Waals surface area contributed by atoms with Gasteiger partial charge in [0.1, 0.15) is 0 Å². The van der Waals surface area contributed by atoms with E-state index < -0.39 is 0 Å². The topological polar surface area (TPSA) is 12.4 Å². The predicted octanol–water partition coefficient (Wildman–Crippen LogP) is 2.91. The Balaban J connectivity index is 2.02. The van der Waals surface area contributed by atoms with Crippen LogP contribution in [0, 0.1) is 33.6 Å². The number of aryl methyl sites for hydroxylation is 4. The molecule has 0 aromatic heterocycles. The lowest BCUT2D eigenvalue weighted by molar-refractivity contribution is 1.27. The molecule has 0 unspecified atom stereocenters. The van der Waals surface area contributed by atoms with Crippen molar-refractivity contribution in [1.29, 1.82) is 0 Å². The molecule has 0 aliphatic carbocycles. The minimum absolute atomic E-state index is 0.214. The summed E-state index contributed by atoms with van der Waals surface area (Å²) in [4.78, 5) is 4.88. The Morgan fingerprint density at radius 2 is 1.56 bits per heavy atom. The Morgan fingerprint density at radius 3 is 2.28 bits per heavy atom. The Hall–Kier alpha value is -2.35. The molecule has 1 radical (unpaired) electrons. The third kappa shape index (κ3) is 2.70. The van der Waals surface area contributed by atoms with E-state index in [0.717, 1.165) is 0 Å². The minimum Gasteiger partial charge on any atom is -0.287 e. The van der Waals surface area contributed by atoms with Gasteiger partial charge in [0.05, 0.1) is 5.94 Å². The smallest absolute Gasteiger partial charge is 0.242 e. The summed E-state index contributed by atoms with van der Waals surface area (Å²) < 4.78 is 0. The lowest BCUT2D eigenvalue weighted by Crippen LogP contribution is -2.47. The van der Waals surface area contributed by atoms with Gasteiger partial charge in [0, 0.05) is 6.21 Å². The first-order valence-corrected chi connectivity index (χ1v) is 8.94. The van der Waals surface area contributed by atoms with Gasteiger partial charge < -0.3 is 0 Å². The van der Waals surface area contributed by atoms with Crippen LogP contribution in [0.25, 0.3) is 11.5 Å². The fourth-order valence-electron chi connectivity index (χ4n) is 4.25. The standard InChI is InChI=1S/C23H23BN/c1-14-6-7-19-12-24(22-17(4)8-15(2)9-18(22)5)23-21(20(19)10-14)11-16(3)13-25-23/h6-13H,1-5H3. The summed E-state index contributed by atoms with van der Waals surface area (Å²) >= 11 is 0. The number of nitrogens with zero attached hydrogens (tertiary/aromatic N) is 1. The van der Waals surface area contributed by atoms with Crippen LogP contribution in [0.1, 0.15) is 29.2 Å². The number of rotatable bonds is 1. The quantitative estimate of drug-likeness (QED) is 0.715. The lowest BCUT2D eigenvalue weighted by atomic mass is 9.35. The van der Waals surface area contributed by atoms with Gasteiger partial charge in [-0.3, -0.25) is 4.99 Å². The van der Waals surface area contributed by atoms with Crippen LogP contribution < -0.4 is 15.9 Å². The molecule has 0 saturated heterocycles. The molecular weight excluding hydrogens is 301 g/mol. The molecule has 0 bridgehead atoms. The molecule has 123 valence electrons. The van der Waals surface area contributed by atoms with Crippen molar-refractivity contribution in [2.75, 3.05) is 0 Å². The second-order valence-electron chi connectivity index (χ2n) is 7.49. The van der Waals surface area contributed by atoms with Crippen LogP contribution in [-0.4, -0.2) is 12.9 Å². The third-order valence-corrected chi connectivity index (χ3v) is 5.24. The van der Waals surface area contributed by atoms with Gasteiger partial charge in [-0.15, -0.1) is 0 Å². The number of fused-ring (bicyclic) bond motifs is 2. The van der Waals surface area contributed by atoms with Gasteiger partial charge >= 0.3 is 0 Å². The molecule has 4 rings (SSSR count). The second-order valence-corrected chi connectivity index (χ2v) is 7.49. The SMILES string of the molecule is CC1=CC2=c3cc(C)ccc3=CB(c3c(C)cc(C)cc3C)[C]2N=C1. The molecule has 1 nitrogen and oxygen atoms in total. The zero-order chi connectivity index (χ0) is 17.7. The monoisotopic (exact) mass is 324 g/mol. The van der Waals surface area contributed by atoms with Crippen LogP contribution in [0.15, 0.2) is 47.0 Å². The molecule has 2 aliphatic rings. The zero-order valence-corrected chi connectivity index (χ0v) is 15.6. The minimum atomic E-state index is 0.214. The summed E-state index contributed by atoms with van der Waals surface area (Å²) in [6, 6.07) is 11.3. The van der Waals surface area contributed by atoms with E-state index in [1.54, 1.807) is 0 Å². The van der Waals surface area contributed by atoms with Gasteiger partial charge in [0.2, 0.25) is 6.71 Å². The number of allylic oxidation sites excluding steroid dienone is 1. The summed E-state index contributed by atoms with van der Waals surface area (Å²) in [7, 11) is 0. The van der Waals surface area contributed by atoms with E-state index >= 15 is 0 Å². The molecule has 2 aromatic carbocycles. The van der Waals surface area contributed by atoms with Crippen molar-refractivity contribution in [3.8, 4) is 0 Å². The summed E-state index contributed by atoms with van der Waals surface area (Å²) in [5.41, 5.74) is 9.21. The lowest BCUT2D eigenvalue weighted by Gasteiger charge is -2.28. The van der Waals surface area contributed by atoms with Crippen LogP contribution in [0.2, 0.25) is 0 Å². The highest BCUT2D eigenvalue weighted by Gasteiger charge is 2.34. The average Bonchev–Trinajstić information content (AvgIpc) is 2.54. The van der Waals surface area contributed by atoms with Gasteiger partial charge in [-0.05, 0) is 56.2 Å². The normalized spacial score (nSPS) is 16.3. The number of hydrogen-bond donors (Lipinski definition) is 0. The molecule has 0 amide bonds. The van der Waals surface area contributed by atoms with Crippen LogP contribution in [0.4, 0.5) is 0 Å². The van der Waals surface area contributed by atoms with E-state index in [9.17, 15) is 0 Å². The molecule has 2 heteroatoms. The molecule has 0 spiro atoms. The first-order chi connectivity index (χ1) is 11.9. The maximum absolute atomic E-state index is 4.88. The molecule has 0 atom stereocenters. The largest absolute Gasteiger partial charge is 0.287 e. The Bertz CT molecular complexity index is 1030. The molecule has 2 aromatic rings. The van der Waals surface area contributed by atoms with E-state index in [4.69, 9.17) is 4.99 Å². The van der Waals surface area contributed by atoms with Crippen LogP contribution in [0.5, 0.6) is 0 Å². The van der Waals surface area contributed by atoms with E-state index in [1.807, 2.05) is 6.21 Å². The molecule has 0 N–H and O–H groups in total. The van der Waals surface area contributed by atoms with E-state index in [1.165, 1.54) is 55.2 Å². The number of benzene rings is 2. The van der Waals surface area contributed by atoms with Gasteiger partial charge in [-0.25, -0.2) is 0 Å². The van der Waals surface area contributed by atoms with Crippen LogP contribution in [0.3, 0.4) is 0 Å². The number of aliphatic imine (C=N–C) groups is 1. The summed E-state index contributed by atoms with van der Waals surface area (Å²) in [5.74, 6) is 3.57. The Morgan fingerprint density at radius 1 is 0.840 bits per heavy atom. The highest BCUT2D eigenvalue weighted by atomic mass is 14.8. The molecule has 2 aliphatic heterocycles. The van der Waals surface area contributed by atoms with Crippen molar-refractivity contribution < 1.29 is 0 Å². The van der Waals surface area contributed by atoms with E-state index in [2.05, 4.69) is 77.0 Å². The number of dihydropyridines is 1. The zero-order valence-electron chi connectivity index (χ0n) is 15.6. The Kier molecular flexibility index (Phi) is 3.79. The fraction of sp³-hybridized carbons (Fsp3) is 0.217. The van der Waals surface area contributed by atoms with Crippen molar-refractivity contribution in [1.82, 2.24) is 0 Å². The van der Waals surface area contributed by atoms with Crippen molar-refractivity contribution >= 4 is 29.9 Å². The van der Waals surface area contributed by atoms with Gasteiger partial charge in [-0.1, -0.05) is 70.1 Å². The van der Waals surface area contributed by atoms with Gasteiger partial charge in [0.15, 0.2) is 0 Å². The van der Waals surface area contributed by atoms with Crippen molar-refractivity contribution in [2.45, 2.75) is 34.6 Å². The maximum Gasteiger partial charge on any atom is 0.242 e. The van der Waals surface area contributed by atoms with Crippen molar-refractivity contribution in [2.24, 2.45) is 4.99 Å². The highest BCUT2D eigenvalue weighted by Crippen LogP contribution is 2.28. The fourth-order valence-corrected chi connectivity index (χ4v) is 4.25. The van der Waals surface area contributed by atoms with E-state index in [0.29, 0.717) is 0 Å². The maximum atomic E-state index is 4.88. The predicted molar refractivity (Wildman–Crippen MR) is 110 cm³/mol. The van der Waals surface area contributed by atoms with Crippen LogP contribution >= 0.6 is 0 Å². The molecule has 25 heavy (non-hydrogen) atoms. The summed E-state index contributed by atoms with van der Waals surface area (Å²) in [6.45, 7) is 11.1. The first kappa shape index (κ1) is 16.1. The van der Waals surface area contributed by atoms with Crippen LogP contribution in [-0.2, 0) is 0 Å². The van der Waals surface area contributed by atoms with Gasteiger partial charge in [-0.2, -0.15) is 0 Å². The molecule has 2 heterocycles. The molecule has 0 saturated carbocycles. The summed E-state index contributed by atoms with van der Waals surface area (Å²) in [5, 5.41) is 2.62. The first-order valence-electron chi connectivity index (χ1n) is 8.94. The molecular formula is C23H23BN. The summed E-state index contributed by atoms with van der Waals surface area (Å²) in [6.07, 6.45) is 4.29. The second kappa shape index (κ2) is 5.88.